The highest BCUT2D eigenvalue weighted by Crippen LogP contribution is 2.28. The van der Waals surface area contributed by atoms with Gasteiger partial charge in [0.05, 0.1) is 19.9 Å². The number of hydrogen-bond acceptors (Lipinski definition) is 6. The van der Waals surface area contributed by atoms with Gasteiger partial charge >= 0.3 is 0 Å². The fourth-order valence-electron chi connectivity index (χ4n) is 3.14. The van der Waals surface area contributed by atoms with E-state index in [-0.39, 0.29) is 5.56 Å². The average molecular weight is 388 g/mol. The van der Waals surface area contributed by atoms with Gasteiger partial charge in [-0.1, -0.05) is 19.9 Å². The van der Waals surface area contributed by atoms with Crippen molar-refractivity contribution in [1.29, 1.82) is 0 Å². The molecule has 3 rings (SSSR count). The lowest BCUT2D eigenvalue weighted by molar-refractivity contribution is 0.224. The highest BCUT2D eigenvalue weighted by Gasteiger charge is 2.13. The fourth-order valence-corrected chi connectivity index (χ4v) is 3.88. The first kappa shape index (κ1) is 19.4. The predicted octanol–water partition coefficient (Wildman–Crippen LogP) is 3.43. The lowest BCUT2D eigenvalue weighted by atomic mass is 10.1. The van der Waals surface area contributed by atoms with Crippen LogP contribution in [0.4, 0.5) is 0 Å². The second kappa shape index (κ2) is 8.54. The minimum atomic E-state index is -0.0353. The smallest absolute Gasteiger partial charge is 0.258 e. The number of methoxy groups -OCH3 is 2. The third-order valence-corrected chi connectivity index (χ3v) is 4.98. The lowest BCUT2D eigenvalue weighted by Crippen LogP contribution is -2.28. The third-order valence-electron chi connectivity index (χ3n) is 4.22. The Labute approximate surface area is 163 Å². The quantitative estimate of drug-likeness (QED) is 0.593. The van der Waals surface area contributed by atoms with E-state index in [0.717, 1.165) is 40.8 Å². The van der Waals surface area contributed by atoms with Gasteiger partial charge in [-0.15, -0.1) is 11.3 Å². The van der Waals surface area contributed by atoms with E-state index in [2.05, 4.69) is 23.7 Å². The molecule has 7 heteroatoms. The van der Waals surface area contributed by atoms with Crippen LogP contribution in [-0.4, -0.2) is 35.0 Å². The Morgan fingerprint density at radius 1 is 1.15 bits per heavy atom. The highest BCUT2D eigenvalue weighted by molar-refractivity contribution is 7.15. The van der Waals surface area contributed by atoms with Crippen LogP contribution < -0.4 is 15.0 Å². The SMILES string of the molecule is COc1ccc(CN(Cc2cc(=O)n3ccsc3n2)CC(C)C)cc1OC. The Balaban J connectivity index is 1.84. The molecule has 2 aromatic heterocycles. The van der Waals surface area contributed by atoms with E-state index in [9.17, 15) is 4.79 Å². The van der Waals surface area contributed by atoms with Crippen LogP contribution in [0.25, 0.3) is 4.96 Å². The maximum Gasteiger partial charge on any atom is 0.258 e. The molecule has 27 heavy (non-hydrogen) atoms. The summed E-state index contributed by atoms with van der Waals surface area (Å²) in [4.78, 5) is 19.9. The van der Waals surface area contributed by atoms with Crippen LogP contribution in [0.15, 0.2) is 40.6 Å². The number of fused-ring (bicyclic) bond motifs is 1. The van der Waals surface area contributed by atoms with Crippen LogP contribution >= 0.6 is 11.3 Å². The zero-order chi connectivity index (χ0) is 19.4. The van der Waals surface area contributed by atoms with Gasteiger partial charge in [0.1, 0.15) is 0 Å². The summed E-state index contributed by atoms with van der Waals surface area (Å²) in [6, 6.07) is 7.59. The van der Waals surface area contributed by atoms with Crippen molar-refractivity contribution in [1.82, 2.24) is 14.3 Å². The molecular formula is C20H25N3O3S. The van der Waals surface area contributed by atoms with E-state index >= 15 is 0 Å². The molecule has 0 saturated heterocycles. The van der Waals surface area contributed by atoms with Gasteiger partial charge in [-0.3, -0.25) is 14.1 Å². The Bertz CT molecular complexity index is 965. The van der Waals surface area contributed by atoms with Crippen molar-refractivity contribution < 1.29 is 9.47 Å². The molecule has 1 aromatic carbocycles. The molecule has 0 unspecified atom stereocenters. The Morgan fingerprint density at radius 2 is 1.93 bits per heavy atom. The van der Waals surface area contributed by atoms with E-state index in [1.54, 1.807) is 30.9 Å². The van der Waals surface area contributed by atoms with E-state index in [1.165, 1.54) is 11.3 Å². The molecule has 0 fully saturated rings. The van der Waals surface area contributed by atoms with Crippen molar-refractivity contribution in [2.75, 3.05) is 20.8 Å². The summed E-state index contributed by atoms with van der Waals surface area (Å²) < 4.78 is 12.3. The maximum atomic E-state index is 12.3. The topological polar surface area (TPSA) is 56.1 Å². The first-order chi connectivity index (χ1) is 13.0. The molecule has 144 valence electrons. The zero-order valence-corrected chi connectivity index (χ0v) is 17.0. The number of benzene rings is 1. The second-order valence-electron chi connectivity index (χ2n) is 6.89. The summed E-state index contributed by atoms with van der Waals surface area (Å²) in [7, 11) is 3.27. The molecule has 3 aromatic rings. The van der Waals surface area contributed by atoms with Gasteiger partial charge in [-0.25, -0.2) is 4.98 Å². The molecule has 0 amide bonds. The van der Waals surface area contributed by atoms with E-state index in [4.69, 9.17) is 9.47 Å². The van der Waals surface area contributed by atoms with Crippen molar-refractivity contribution in [2.45, 2.75) is 26.9 Å². The van der Waals surface area contributed by atoms with Gasteiger partial charge in [0.15, 0.2) is 16.5 Å². The molecule has 0 aliphatic rings. The van der Waals surface area contributed by atoms with Crippen LogP contribution in [0, 0.1) is 5.92 Å². The monoisotopic (exact) mass is 387 g/mol. The van der Waals surface area contributed by atoms with Gasteiger partial charge in [0.2, 0.25) is 0 Å². The number of ether oxygens (including phenoxy) is 2. The van der Waals surface area contributed by atoms with Crippen LogP contribution in [0.5, 0.6) is 11.5 Å². The maximum absolute atomic E-state index is 12.3. The molecule has 0 bridgehead atoms. The van der Waals surface area contributed by atoms with Gasteiger partial charge < -0.3 is 9.47 Å². The molecule has 0 saturated carbocycles. The molecule has 0 spiro atoms. The van der Waals surface area contributed by atoms with Crippen molar-refractivity contribution >= 4 is 16.3 Å². The fraction of sp³-hybridized carbons (Fsp3) is 0.400. The van der Waals surface area contributed by atoms with Crippen molar-refractivity contribution in [3.05, 3.63) is 57.5 Å². The second-order valence-corrected chi connectivity index (χ2v) is 7.77. The number of aromatic nitrogens is 2. The predicted molar refractivity (Wildman–Crippen MR) is 108 cm³/mol. The Morgan fingerprint density at radius 3 is 2.63 bits per heavy atom. The van der Waals surface area contributed by atoms with Gasteiger partial charge in [-0.2, -0.15) is 0 Å². The summed E-state index contributed by atoms with van der Waals surface area (Å²) in [5, 5.41) is 1.88. The molecule has 6 nitrogen and oxygen atoms in total. The molecule has 2 heterocycles. The minimum Gasteiger partial charge on any atom is -0.493 e. The normalized spacial score (nSPS) is 11.5. The van der Waals surface area contributed by atoms with E-state index in [0.29, 0.717) is 12.5 Å². The van der Waals surface area contributed by atoms with Crippen molar-refractivity contribution in [2.24, 2.45) is 5.92 Å². The number of nitrogens with zero attached hydrogens (tertiary/aromatic N) is 3. The molecule has 0 N–H and O–H groups in total. The summed E-state index contributed by atoms with van der Waals surface area (Å²) in [5.41, 5.74) is 1.89. The standard InChI is InChI=1S/C20H25N3O3S/c1-14(2)11-22(12-15-5-6-17(25-3)18(9-15)26-4)13-16-10-19(24)23-7-8-27-20(23)21-16/h5-10,14H,11-13H2,1-4H3. The summed E-state index contributed by atoms with van der Waals surface area (Å²) >= 11 is 1.47. The molecule has 0 radical (unpaired) electrons. The van der Waals surface area contributed by atoms with Crippen LogP contribution in [-0.2, 0) is 13.1 Å². The zero-order valence-electron chi connectivity index (χ0n) is 16.1. The highest BCUT2D eigenvalue weighted by atomic mass is 32.1. The molecule has 0 aliphatic heterocycles. The summed E-state index contributed by atoms with van der Waals surface area (Å²) in [6.45, 7) is 6.64. The lowest BCUT2D eigenvalue weighted by Gasteiger charge is -2.24. The molecule has 0 aliphatic carbocycles. The van der Waals surface area contributed by atoms with Crippen LogP contribution in [0.2, 0.25) is 0 Å². The van der Waals surface area contributed by atoms with E-state index in [1.807, 2.05) is 23.6 Å². The van der Waals surface area contributed by atoms with Gasteiger partial charge in [0, 0.05) is 37.3 Å². The third kappa shape index (κ3) is 4.67. The largest absolute Gasteiger partial charge is 0.493 e. The first-order valence-electron chi connectivity index (χ1n) is 8.89. The van der Waals surface area contributed by atoms with Gasteiger partial charge in [0.25, 0.3) is 5.56 Å². The molecular weight excluding hydrogens is 362 g/mol. The van der Waals surface area contributed by atoms with Crippen molar-refractivity contribution in [3.63, 3.8) is 0 Å². The summed E-state index contributed by atoms with van der Waals surface area (Å²) in [6.07, 6.45) is 1.76. The average Bonchev–Trinajstić information content (AvgIpc) is 3.10. The summed E-state index contributed by atoms with van der Waals surface area (Å²) in [5.74, 6) is 1.93. The molecule has 0 atom stereocenters. The number of thiazole rings is 1. The van der Waals surface area contributed by atoms with Crippen LogP contribution in [0.1, 0.15) is 25.1 Å². The number of hydrogen-bond donors (Lipinski definition) is 0. The van der Waals surface area contributed by atoms with Gasteiger partial charge in [-0.05, 0) is 23.6 Å². The first-order valence-corrected chi connectivity index (χ1v) is 9.77. The minimum absolute atomic E-state index is 0.0353. The van der Waals surface area contributed by atoms with E-state index < -0.39 is 0 Å². The Hall–Kier alpha value is -2.38. The number of rotatable bonds is 8. The Kier molecular flexibility index (Phi) is 6.13. The van der Waals surface area contributed by atoms with Crippen LogP contribution in [0.3, 0.4) is 0 Å². The van der Waals surface area contributed by atoms with Crippen molar-refractivity contribution in [3.8, 4) is 11.5 Å².